The molecule has 0 unspecified atom stereocenters. The molecule has 0 fully saturated rings. The molecule has 2 rings (SSSR count). The lowest BCUT2D eigenvalue weighted by Crippen LogP contribution is -1.61. The lowest BCUT2D eigenvalue weighted by molar-refractivity contribution is 0.549. The van der Waals surface area contributed by atoms with Crippen molar-refractivity contribution in [2.75, 3.05) is 0 Å². The van der Waals surface area contributed by atoms with Crippen LogP contribution < -0.4 is 0 Å². The maximum Gasteiger partial charge on any atom is 0.159 e. The molecule has 0 spiro atoms. The van der Waals surface area contributed by atoms with Crippen LogP contribution in [0.3, 0.4) is 0 Å². The van der Waals surface area contributed by atoms with Crippen molar-refractivity contribution < 1.29 is 4.42 Å². The van der Waals surface area contributed by atoms with Crippen LogP contribution in [0, 0.1) is 6.92 Å². The van der Waals surface area contributed by atoms with E-state index in [4.69, 9.17) is 4.42 Å². The Kier molecular flexibility index (Phi) is 2.02. The molecule has 0 saturated carbocycles. The summed E-state index contributed by atoms with van der Waals surface area (Å²) in [4.78, 5) is 5.13. The fraction of sp³-hybridized carbons (Fsp3) is 0.125. The van der Waals surface area contributed by atoms with Crippen molar-refractivity contribution in [3.05, 3.63) is 28.0 Å². The predicted molar refractivity (Wildman–Crippen MR) is 52.3 cm³/mol. The van der Waals surface area contributed by atoms with Crippen molar-refractivity contribution >= 4 is 27.3 Å². The summed E-state index contributed by atoms with van der Waals surface area (Å²) in [7, 11) is 0. The second kappa shape index (κ2) is 3.03. The van der Waals surface area contributed by atoms with E-state index in [2.05, 4.69) is 20.9 Å². The van der Waals surface area contributed by atoms with E-state index in [0.29, 0.717) is 0 Å². The monoisotopic (exact) mass is 243 g/mol. The van der Waals surface area contributed by atoms with Crippen molar-refractivity contribution in [3.8, 4) is 10.6 Å². The minimum absolute atomic E-state index is 0.881. The van der Waals surface area contributed by atoms with Crippen LogP contribution in [0.25, 0.3) is 10.6 Å². The van der Waals surface area contributed by atoms with Crippen LogP contribution in [0.15, 0.2) is 26.7 Å². The summed E-state index contributed by atoms with van der Waals surface area (Å²) in [6.45, 7) is 1.93. The smallest absolute Gasteiger partial charge is 0.159 e. The van der Waals surface area contributed by atoms with Crippen LogP contribution in [0.4, 0.5) is 0 Å². The highest BCUT2D eigenvalue weighted by Gasteiger charge is 2.05. The first-order valence-electron chi connectivity index (χ1n) is 3.44. The second-order valence-corrected chi connectivity index (χ2v) is 4.69. The number of hydrogen-bond donors (Lipinski definition) is 0. The first-order chi connectivity index (χ1) is 5.75. The summed E-state index contributed by atoms with van der Waals surface area (Å²) in [5.74, 6) is 1.81. The average molecular weight is 244 g/mol. The summed E-state index contributed by atoms with van der Waals surface area (Å²) in [6, 6.07) is 3.90. The Balaban J connectivity index is 2.43. The maximum atomic E-state index is 5.43. The van der Waals surface area contributed by atoms with Gasteiger partial charge in [0, 0.05) is 0 Å². The topological polar surface area (TPSA) is 26.0 Å². The standard InChI is InChI=1S/C8H6BrNOS/c1-5-2-3-6(11-5)7-4-10-8(9)12-7/h2-4H,1H3. The van der Waals surface area contributed by atoms with Gasteiger partial charge < -0.3 is 4.42 Å². The second-order valence-electron chi connectivity index (χ2n) is 2.39. The highest BCUT2D eigenvalue weighted by atomic mass is 79.9. The van der Waals surface area contributed by atoms with E-state index in [1.54, 1.807) is 17.5 Å². The molecular formula is C8H6BrNOS. The molecule has 2 aromatic rings. The summed E-state index contributed by atoms with van der Waals surface area (Å²) in [5.41, 5.74) is 0. The fourth-order valence-corrected chi connectivity index (χ4v) is 2.16. The van der Waals surface area contributed by atoms with Gasteiger partial charge in [0.1, 0.15) is 11.5 Å². The van der Waals surface area contributed by atoms with E-state index in [1.165, 1.54) is 0 Å². The molecule has 0 aromatic carbocycles. The number of aryl methyl sites for hydroxylation is 1. The van der Waals surface area contributed by atoms with Crippen LogP contribution in [0.1, 0.15) is 5.76 Å². The third kappa shape index (κ3) is 1.44. The summed E-state index contributed by atoms with van der Waals surface area (Å²) >= 11 is 4.87. The Bertz CT molecular complexity index is 355. The molecule has 0 aliphatic rings. The Morgan fingerprint density at radius 3 is 2.83 bits per heavy atom. The third-order valence-corrected chi connectivity index (χ3v) is 2.95. The number of hydrogen-bond acceptors (Lipinski definition) is 3. The molecule has 12 heavy (non-hydrogen) atoms. The van der Waals surface area contributed by atoms with E-state index in [9.17, 15) is 0 Å². The third-order valence-electron chi connectivity index (χ3n) is 1.46. The van der Waals surface area contributed by atoms with E-state index < -0.39 is 0 Å². The van der Waals surface area contributed by atoms with Crippen molar-refractivity contribution in [2.45, 2.75) is 6.92 Å². The number of halogens is 1. The van der Waals surface area contributed by atoms with Gasteiger partial charge in [-0.25, -0.2) is 4.98 Å². The molecule has 62 valence electrons. The Morgan fingerprint density at radius 2 is 2.33 bits per heavy atom. The molecule has 0 atom stereocenters. The number of thiazole rings is 1. The van der Waals surface area contributed by atoms with Gasteiger partial charge in [-0.3, -0.25) is 0 Å². The van der Waals surface area contributed by atoms with Gasteiger partial charge >= 0.3 is 0 Å². The molecule has 2 heterocycles. The summed E-state index contributed by atoms with van der Waals surface area (Å²) in [6.07, 6.45) is 1.80. The number of rotatable bonds is 1. The number of aromatic nitrogens is 1. The highest BCUT2D eigenvalue weighted by Crippen LogP contribution is 2.29. The SMILES string of the molecule is Cc1ccc(-c2cnc(Br)s2)o1. The number of nitrogens with zero attached hydrogens (tertiary/aromatic N) is 1. The molecule has 2 nitrogen and oxygen atoms in total. The van der Waals surface area contributed by atoms with E-state index in [0.717, 1.165) is 20.3 Å². The van der Waals surface area contributed by atoms with Crippen LogP contribution in [-0.2, 0) is 0 Å². The molecule has 0 aliphatic heterocycles. The maximum absolute atomic E-state index is 5.43. The van der Waals surface area contributed by atoms with Crippen LogP contribution in [-0.4, -0.2) is 4.98 Å². The molecule has 2 aromatic heterocycles. The first-order valence-corrected chi connectivity index (χ1v) is 5.05. The van der Waals surface area contributed by atoms with E-state index in [-0.39, 0.29) is 0 Å². The Hall–Kier alpha value is -0.610. The quantitative estimate of drug-likeness (QED) is 0.767. The molecule has 0 radical (unpaired) electrons. The van der Waals surface area contributed by atoms with E-state index >= 15 is 0 Å². The predicted octanol–water partition coefficient (Wildman–Crippen LogP) is 3.47. The fourth-order valence-electron chi connectivity index (χ4n) is 0.934. The first kappa shape index (κ1) is 8.01. The molecule has 0 aliphatic carbocycles. The van der Waals surface area contributed by atoms with Gasteiger partial charge in [0.2, 0.25) is 0 Å². The average Bonchev–Trinajstić information content (AvgIpc) is 2.58. The van der Waals surface area contributed by atoms with Gasteiger partial charge in [-0.2, -0.15) is 0 Å². The zero-order valence-corrected chi connectivity index (χ0v) is 8.78. The van der Waals surface area contributed by atoms with Gasteiger partial charge in [-0.1, -0.05) is 0 Å². The van der Waals surface area contributed by atoms with Gasteiger partial charge in [-0.15, -0.1) is 11.3 Å². The largest absolute Gasteiger partial charge is 0.460 e. The summed E-state index contributed by atoms with van der Waals surface area (Å²) < 4.78 is 6.31. The van der Waals surface area contributed by atoms with Crippen LogP contribution in [0.5, 0.6) is 0 Å². The molecule has 4 heteroatoms. The molecular weight excluding hydrogens is 238 g/mol. The molecule has 0 bridgehead atoms. The zero-order valence-electron chi connectivity index (χ0n) is 6.37. The van der Waals surface area contributed by atoms with Gasteiger partial charge in [0.15, 0.2) is 3.92 Å². The van der Waals surface area contributed by atoms with Gasteiger partial charge in [0.25, 0.3) is 0 Å². The normalized spacial score (nSPS) is 10.5. The van der Waals surface area contributed by atoms with Gasteiger partial charge in [0.05, 0.1) is 11.1 Å². The minimum atomic E-state index is 0.881. The lowest BCUT2D eigenvalue weighted by atomic mass is 10.4. The number of furan rings is 1. The summed E-state index contributed by atoms with van der Waals surface area (Å²) in [5, 5.41) is 0. The van der Waals surface area contributed by atoms with Crippen molar-refractivity contribution in [2.24, 2.45) is 0 Å². The van der Waals surface area contributed by atoms with Gasteiger partial charge in [-0.05, 0) is 35.0 Å². The highest BCUT2D eigenvalue weighted by molar-refractivity contribution is 9.11. The lowest BCUT2D eigenvalue weighted by Gasteiger charge is -1.86. The Labute approximate surface area is 82.4 Å². The van der Waals surface area contributed by atoms with Crippen LogP contribution >= 0.6 is 27.3 Å². The zero-order chi connectivity index (χ0) is 8.55. The molecule has 0 saturated heterocycles. The van der Waals surface area contributed by atoms with Crippen molar-refractivity contribution in [1.29, 1.82) is 0 Å². The molecule has 0 amide bonds. The van der Waals surface area contributed by atoms with Crippen molar-refractivity contribution in [1.82, 2.24) is 4.98 Å². The molecule has 0 N–H and O–H groups in total. The van der Waals surface area contributed by atoms with Crippen LogP contribution in [0.2, 0.25) is 0 Å². The van der Waals surface area contributed by atoms with Crippen molar-refractivity contribution in [3.63, 3.8) is 0 Å². The van der Waals surface area contributed by atoms with E-state index in [1.807, 2.05) is 19.1 Å². The Morgan fingerprint density at radius 1 is 1.50 bits per heavy atom. The minimum Gasteiger partial charge on any atom is -0.460 e.